The highest BCUT2D eigenvalue weighted by atomic mass is 32.1. The van der Waals surface area contributed by atoms with E-state index in [2.05, 4.69) is 20.9 Å². The fourth-order valence-electron chi connectivity index (χ4n) is 5.81. The van der Waals surface area contributed by atoms with Gasteiger partial charge in [-0.15, -0.1) is 16.4 Å². The van der Waals surface area contributed by atoms with Crippen LogP contribution in [0.3, 0.4) is 0 Å². The van der Waals surface area contributed by atoms with Crippen molar-refractivity contribution in [2.45, 2.75) is 38.6 Å². The quantitative estimate of drug-likeness (QED) is 0.126. The van der Waals surface area contributed by atoms with E-state index in [1.807, 2.05) is 43.3 Å². The number of hydrogen-bond acceptors (Lipinski definition) is 8. The Morgan fingerprint density at radius 1 is 1.14 bits per heavy atom. The maximum atomic E-state index is 15.9. The van der Waals surface area contributed by atoms with Gasteiger partial charge in [-0.3, -0.25) is 14.4 Å². The third kappa shape index (κ3) is 7.55. The maximum absolute atomic E-state index is 15.9. The minimum Gasteiger partial charge on any atom is -0.449 e. The van der Waals surface area contributed by atoms with Crippen molar-refractivity contribution in [3.63, 3.8) is 0 Å². The van der Waals surface area contributed by atoms with Crippen LogP contribution in [0.2, 0.25) is 0 Å². The van der Waals surface area contributed by atoms with Crippen molar-refractivity contribution >= 4 is 62.3 Å². The molecule has 0 bridgehead atoms. The number of hydrogen-bond donors (Lipinski definition) is 2. The van der Waals surface area contributed by atoms with Crippen LogP contribution < -0.4 is 15.5 Å². The highest BCUT2D eigenvalue weighted by Gasteiger charge is 2.35. The van der Waals surface area contributed by atoms with Gasteiger partial charge in [0.1, 0.15) is 17.3 Å². The number of carbonyl (C=O) groups excluding carboxylic acids is 2. The molecule has 0 spiro atoms. The molecule has 0 aliphatic carbocycles. The van der Waals surface area contributed by atoms with E-state index in [0.29, 0.717) is 48.2 Å². The van der Waals surface area contributed by atoms with Gasteiger partial charge in [-0.1, -0.05) is 36.8 Å². The molecule has 1 atom stereocenters. The standard InChI is InChI=1S/C35H37FN8O3S2/c1-4-5-17-47-35(46)43-16-6-7-25(20-43)44(33(45)26-13-10-23(18-28(26)36)29-21-42(3)41-40-29)32-27-19-31(49-30(27)14-15-38-32)22-8-11-24(12-9-22)39-34(48)37-2/h8-15,18-19,21,25H,4-7,16-17,20H2,1-3H3,(H2,37,39,48)/t25-/m1/s1. The second kappa shape index (κ2) is 15.1. The number of nitrogens with one attached hydrogen (secondary N) is 2. The van der Waals surface area contributed by atoms with Crippen LogP contribution in [0, 0.1) is 5.82 Å². The van der Waals surface area contributed by atoms with Crippen LogP contribution in [0.25, 0.3) is 31.8 Å². The van der Waals surface area contributed by atoms with Crippen LogP contribution in [-0.4, -0.2) is 74.8 Å². The number of pyridine rings is 1. The fourth-order valence-corrected chi connectivity index (χ4v) is 6.99. The lowest BCUT2D eigenvalue weighted by atomic mass is 10.0. The van der Waals surface area contributed by atoms with Gasteiger partial charge in [0.2, 0.25) is 0 Å². The Morgan fingerprint density at radius 2 is 1.94 bits per heavy atom. The number of thiophene rings is 1. The van der Waals surface area contributed by atoms with Gasteiger partial charge < -0.3 is 20.3 Å². The molecule has 14 heteroatoms. The Balaban J connectivity index is 1.38. The first-order chi connectivity index (χ1) is 23.7. The van der Waals surface area contributed by atoms with Gasteiger partial charge in [0.25, 0.3) is 5.91 Å². The molecule has 4 heterocycles. The van der Waals surface area contributed by atoms with E-state index in [4.69, 9.17) is 21.9 Å². The second-order valence-electron chi connectivity index (χ2n) is 11.8. The molecule has 1 aliphatic rings. The maximum Gasteiger partial charge on any atom is 0.409 e. The monoisotopic (exact) mass is 700 g/mol. The molecular weight excluding hydrogens is 664 g/mol. The number of anilines is 2. The van der Waals surface area contributed by atoms with Crippen molar-refractivity contribution in [1.29, 1.82) is 0 Å². The Hall–Kier alpha value is -4.95. The normalized spacial score (nSPS) is 14.4. The van der Waals surface area contributed by atoms with Crippen molar-refractivity contribution in [3.05, 3.63) is 78.4 Å². The number of thiocarbonyl (C=S) groups is 1. The van der Waals surface area contributed by atoms with E-state index in [1.165, 1.54) is 16.8 Å². The number of piperidine rings is 1. The number of likely N-dealkylation sites (tertiary alicyclic amines) is 1. The van der Waals surface area contributed by atoms with Crippen LogP contribution >= 0.6 is 23.6 Å². The average Bonchev–Trinajstić information content (AvgIpc) is 3.76. The number of nitrogens with zero attached hydrogens (tertiary/aromatic N) is 6. The summed E-state index contributed by atoms with van der Waals surface area (Å²) in [5.74, 6) is -0.821. The third-order valence-electron chi connectivity index (χ3n) is 8.37. The lowest BCUT2D eigenvalue weighted by Crippen LogP contribution is -2.52. The van der Waals surface area contributed by atoms with Crippen LogP contribution in [-0.2, 0) is 11.8 Å². The number of carbonyl (C=O) groups is 2. The summed E-state index contributed by atoms with van der Waals surface area (Å²) in [4.78, 5) is 36.4. The minimum absolute atomic E-state index is 0.105. The molecule has 0 saturated carbocycles. The molecule has 1 saturated heterocycles. The van der Waals surface area contributed by atoms with Crippen LogP contribution in [0.5, 0.6) is 0 Å². The van der Waals surface area contributed by atoms with Gasteiger partial charge in [-0.25, -0.2) is 14.2 Å². The van der Waals surface area contributed by atoms with Crippen molar-refractivity contribution in [2.24, 2.45) is 7.05 Å². The summed E-state index contributed by atoms with van der Waals surface area (Å²) in [6.07, 6.45) is 5.85. The summed E-state index contributed by atoms with van der Waals surface area (Å²) < 4.78 is 23.8. The molecule has 3 aromatic heterocycles. The topological polar surface area (TPSA) is 118 Å². The molecule has 2 N–H and O–H groups in total. The molecule has 6 rings (SSSR count). The Labute approximate surface area is 293 Å². The number of aryl methyl sites for hydroxylation is 1. The van der Waals surface area contributed by atoms with Gasteiger partial charge in [0.05, 0.1) is 24.4 Å². The number of unbranched alkanes of at least 4 members (excludes halogenated alkanes) is 1. The van der Waals surface area contributed by atoms with Gasteiger partial charge in [-0.2, -0.15) is 0 Å². The number of fused-ring (bicyclic) bond motifs is 1. The molecule has 5 aromatic rings. The fraction of sp³-hybridized carbons (Fsp3) is 0.314. The lowest BCUT2D eigenvalue weighted by Gasteiger charge is -2.38. The third-order valence-corrected chi connectivity index (χ3v) is 9.82. The SMILES string of the molecule is CCCCOC(=O)N1CCC[C@@H](N(C(=O)c2ccc(-c3cn(C)nn3)cc2F)c2nccc3sc(-c4ccc(NC(=S)NC)cc4)cc23)C1. The molecule has 0 unspecified atom stereocenters. The average molecular weight is 701 g/mol. The van der Waals surface area contributed by atoms with Crippen molar-refractivity contribution in [1.82, 2.24) is 30.2 Å². The van der Waals surface area contributed by atoms with E-state index in [-0.39, 0.29) is 12.1 Å². The van der Waals surface area contributed by atoms with Gasteiger partial charge >= 0.3 is 6.09 Å². The zero-order valence-electron chi connectivity index (χ0n) is 27.5. The molecule has 2 aromatic carbocycles. The molecule has 2 amide bonds. The molecule has 0 radical (unpaired) electrons. The number of amides is 2. The molecule has 1 aliphatic heterocycles. The number of benzene rings is 2. The highest BCUT2D eigenvalue weighted by Crippen LogP contribution is 2.39. The van der Waals surface area contributed by atoms with E-state index in [0.717, 1.165) is 39.1 Å². The number of halogens is 1. The van der Waals surface area contributed by atoms with Gasteiger partial charge in [-0.05, 0) is 73.4 Å². The summed E-state index contributed by atoms with van der Waals surface area (Å²) in [6, 6.07) is 15.8. The van der Waals surface area contributed by atoms with Gasteiger partial charge in [0, 0.05) is 59.6 Å². The van der Waals surface area contributed by atoms with E-state index in [1.54, 1.807) is 53.7 Å². The smallest absolute Gasteiger partial charge is 0.409 e. The predicted octanol–water partition coefficient (Wildman–Crippen LogP) is 6.86. The number of rotatable bonds is 9. The first-order valence-corrected chi connectivity index (χ1v) is 17.4. The predicted molar refractivity (Wildman–Crippen MR) is 194 cm³/mol. The first kappa shape index (κ1) is 33.9. The summed E-state index contributed by atoms with van der Waals surface area (Å²) in [6.45, 7) is 3.10. The Kier molecular flexibility index (Phi) is 10.4. The van der Waals surface area contributed by atoms with E-state index >= 15 is 4.39 Å². The Bertz CT molecular complexity index is 1980. The van der Waals surface area contributed by atoms with Crippen LogP contribution in [0.4, 0.5) is 20.7 Å². The first-order valence-electron chi connectivity index (χ1n) is 16.1. The summed E-state index contributed by atoms with van der Waals surface area (Å²) in [5, 5.41) is 15.3. The molecule has 49 heavy (non-hydrogen) atoms. The highest BCUT2D eigenvalue weighted by molar-refractivity contribution is 7.80. The lowest BCUT2D eigenvalue weighted by molar-refractivity contribution is 0.0841. The summed E-state index contributed by atoms with van der Waals surface area (Å²) in [7, 11) is 3.49. The number of aromatic nitrogens is 4. The molecule has 1 fully saturated rings. The zero-order valence-corrected chi connectivity index (χ0v) is 29.1. The Morgan fingerprint density at radius 3 is 2.65 bits per heavy atom. The van der Waals surface area contributed by atoms with E-state index < -0.39 is 23.9 Å². The van der Waals surface area contributed by atoms with Crippen LogP contribution in [0.15, 0.2) is 67.0 Å². The van der Waals surface area contributed by atoms with Crippen molar-refractivity contribution in [2.75, 3.05) is 37.0 Å². The van der Waals surface area contributed by atoms with Gasteiger partial charge in [0.15, 0.2) is 5.11 Å². The molecule has 11 nitrogen and oxygen atoms in total. The zero-order chi connectivity index (χ0) is 34.5. The van der Waals surface area contributed by atoms with Crippen LogP contribution in [0.1, 0.15) is 43.0 Å². The largest absolute Gasteiger partial charge is 0.449 e. The second-order valence-corrected chi connectivity index (χ2v) is 13.3. The minimum atomic E-state index is -0.686. The summed E-state index contributed by atoms with van der Waals surface area (Å²) in [5.41, 5.74) is 2.73. The number of ether oxygens (including phenoxy) is 1. The van der Waals surface area contributed by atoms with E-state index in [9.17, 15) is 9.59 Å². The molecular formula is C35H37FN8O3S2. The molecule has 254 valence electrons. The van der Waals surface area contributed by atoms with Crippen molar-refractivity contribution in [3.8, 4) is 21.7 Å². The summed E-state index contributed by atoms with van der Waals surface area (Å²) >= 11 is 6.79. The van der Waals surface area contributed by atoms with Crippen molar-refractivity contribution < 1.29 is 18.7 Å².